The van der Waals surface area contributed by atoms with E-state index in [1.54, 1.807) is 7.11 Å². The van der Waals surface area contributed by atoms with Crippen molar-refractivity contribution < 1.29 is 4.74 Å². The molecule has 1 heterocycles. The van der Waals surface area contributed by atoms with Crippen molar-refractivity contribution in [2.24, 2.45) is 5.73 Å². The summed E-state index contributed by atoms with van der Waals surface area (Å²) in [6.07, 6.45) is 1.09. The van der Waals surface area contributed by atoms with Gasteiger partial charge >= 0.3 is 0 Å². The van der Waals surface area contributed by atoms with Crippen molar-refractivity contribution in [1.82, 2.24) is 4.90 Å². The number of hydrogen-bond acceptors (Lipinski definition) is 4. The second-order valence-electron chi connectivity index (χ2n) is 5.29. The highest BCUT2D eigenvalue weighted by molar-refractivity contribution is 5.49. The zero-order valence-electron chi connectivity index (χ0n) is 12.0. The topological polar surface area (TPSA) is 41.7 Å². The highest BCUT2D eigenvalue weighted by Crippen LogP contribution is 2.20. The third-order valence-electron chi connectivity index (χ3n) is 3.71. The van der Waals surface area contributed by atoms with Crippen LogP contribution in [0.1, 0.15) is 13.3 Å². The van der Waals surface area contributed by atoms with Gasteiger partial charge in [0.1, 0.15) is 5.75 Å². The molecule has 0 bridgehead atoms. The first kappa shape index (κ1) is 14.2. The second kappa shape index (κ2) is 6.78. The molecule has 1 atom stereocenters. The number of hydrogen-bond donors (Lipinski definition) is 1. The number of methoxy groups -OCH3 is 1. The van der Waals surface area contributed by atoms with Crippen LogP contribution in [0, 0.1) is 0 Å². The summed E-state index contributed by atoms with van der Waals surface area (Å²) in [6, 6.07) is 8.63. The lowest BCUT2D eigenvalue weighted by atomic mass is 10.2. The van der Waals surface area contributed by atoms with Crippen LogP contribution in [0.25, 0.3) is 0 Å². The molecule has 4 nitrogen and oxygen atoms in total. The highest BCUT2D eigenvalue weighted by atomic mass is 16.5. The van der Waals surface area contributed by atoms with Crippen LogP contribution in [-0.4, -0.2) is 50.8 Å². The number of ether oxygens (including phenoxy) is 1. The van der Waals surface area contributed by atoms with Crippen LogP contribution in [0.5, 0.6) is 5.75 Å². The van der Waals surface area contributed by atoms with E-state index in [1.807, 2.05) is 12.1 Å². The Labute approximate surface area is 116 Å². The smallest absolute Gasteiger partial charge is 0.119 e. The fourth-order valence-electron chi connectivity index (χ4n) is 2.41. The van der Waals surface area contributed by atoms with E-state index in [-0.39, 0.29) is 0 Å². The molecule has 19 heavy (non-hydrogen) atoms. The molecule has 4 heteroatoms. The molecule has 0 aromatic heterocycles. The number of piperazine rings is 1. The van der Waals surface area contributed by atoms with Gasteiger partial charge in [-0.2, -0.15) is 0 Å². The summed E-state index contributed by atoms with van der Waals surface area (Å²) in [6.45, 7) is 7.62. The van der Waals surface area contributed by atoms with Gasteiger partial charge in [-0.25, -0.2) is 0 Å². The number of rotatable bonds is 5. The Balaban J connectivity index is 1.81. The van der Waals surface area contributed by atoms with Crippen LogP contribution >= 0.6 is 0 Å². The van der Waals surface area contributed by atoms with E-state index in [1.165, 1.54) is 5.69 Å². The van der Waals surface area contributed by atoms with Crippen molar-refractivity contribution in [2.45, 2.75) is 19.4 Å². The van der Waals surface area contributed by atoms with E-state index >= 15 is 0 Å². The maximum atomic E-state index is 5.81. The molecule has 2 N–H and O–H groups in total. The summed E-state index contributed by atoms with van der Waals surface area (Å²) in [5, 5.41) is 0. The molecule has 2 rings (SSSR count). The molecule has 0 radical (unpaired) electrons. The number of anilines is 1. The van der Waals surface area contributed by atoms with Crippen LogP contribution in [0.15, 0.2) is 24.3 Å². The molecule has 0 saturated carbocycles. The lowest BCUT2D eigenvalue weighted by Gasteiger charge is -2.36. The van der Waals surface area contributed by atoms with Gasteiger partial charge < -0.3 is 15.4 Å². The molecule has 1 fully saturated rings. The van der Waals surface area contributed by atoms with Crippen molar-refractivity contribution in [3.63, 3.8) is 0 Å². The summed E-state index contributed by atoms with van der Waals surface area (Å²) in [5.41, 5.74) is 7.09. The van der Waals surface area contributed by atoms with Gasteiger partial charge in [0, 0.05) is 37.9 Å². The summed E-state index contributed by atoms with van der Waals surface area (Å²) in [5.74, 6) is 0.916. The predicted molar refractivity (Wildman–Crippen MR) is 79.9 cm³/mol. The zero-order chi connectivity index (χ0) is 13.7. The SMILES string of the molecule is COc1ccc(N2CCN(CCC(C)N)CC2)cc1. The van der Waals surface area contributed by atoms with Gasteiger partial charge in [-0.1, -0.05) is 0 Å². The van der Waals surface area contributed by atoms with Gasteiger partial charge in [-0.15, -0.1) is 0 Å². The van der Waals surface area contributed by atoms with E-state index in [9.17, 15) is 0 Å². The van der Waals surface area contributed by atoms with Gasteiger partial charge in [0.25, 0.3) is 0 Å². The monoisotopic (exact) mass is 263 g/mol. The molecule has 0 aliphatic carbocycles. The first-order valence-electron chi connectivity index (χ1n) is 7.06. The Kier molecular flexibility index (Phi) is 5.05. The minimum atomic E-state index is 0.305. The average molecular weight is 263 g/mol. The molecule has 1 unspecified atom stereocenters. The van der Waals surface area contributed by atoms with Crippen molar-refractivity contribution in [3.05, 3.63) is 24.3 Å². The Morgan fingerprint density at radius 2 is 1.79 bits per heavy atom. The average Bonchev–Trinajstić information content (AvgIpc) is 2.46. The van der Waals surface area contributed by atoms with E-state index in [0.29, 0.717) is 6.04 Å². The molecule has 1 aromatic rings. The molecular weight excluding hydrogens is 238 g/mol. The number of nitrogens with two attached hydrogens (primary N) is 1. The third-order valence-corrected chi connectivity index (χ3v) is 3.71. The zero-order valence-corrected chi connectivity index (χ0v) is 12.0. The maximum absolute atomic E-state index is 5.81. The largest absolute Gasteiger partial charge is 0.497 e. The van der Waals surface area contributed by atoms with Crippen LogP contribution < -0.4 is 15.4 Å². The minimum absolute atomic E-state index is 0.305. The first-order chi connectivity index (χ1) is 9.19. The van der Waals surface area contributed by atoms with Gasteiger partial charge in [0.2, 0.25) is 0 Å². The van der Waals surface area contributed by atoms with Crippen molar-refractivity contribution in [3.8, 4) is 5.75 Å². The van der Waals surface area contributed by atoms with Crippen molar-refractivity contribution >= 4 is 5.69 Å². The van der Waals surface area contributed by atoms with Gasteiger partial charge in [0.05, 0.1) is 7.11 Å². The summed E-state index contributed by atoms with van der Waals surface area (Å²) >= 11 is 0. The molecule has 0 spiro atoms. The first-order valence-corrected chi connectivity index (χ1v) is 7.06. The number of benzene rings is 1. The lowest BCUT2D eigenvalue weighted by Crippen LogP contribution is -2.47. The van der Waals surface area contributed by atoms with Crippen LogP contribution in [0.2, 0.25) is 0 Å². The van der Waals surface area contributed by atoms with E-state index in [0.717, 1.165) is 44.9 Å². The van der Waals surface area contributed by atoms with Gasteiger partial charge in [-0.3, -0.25) is 4.90 Å². The summed E-state index contributed by atoms with van der Waals surface area (Å²) < 4.78 is 5.19. The van der Waals surface area contributed by atoms with Crippen LogP contribution in [-0.2, 0) is 0 Å². The third kappa shape index (κ3) is 4.11. The van der Waals surface area contributed by atoms with E-state index in [4.69, 9.17) is 10.5 Å². The molecule has 1 aromatic carbocycles. The molecule has 1 aliphatic rings. The Morgan fingerprint density at radius 3 is 2.32 bits per heavy atom. The van der Waals surface area contributed by atoms with Gasteiger partial charge in [0.15, 0.2) is 0 Å². The molecule has 1 aliphatic heterocycles. The normalized spacial score (nSPS) is 18.4. The number of nitrogens with zero attached hydrogens (tertiary/aromatic N) is 2. The Hall–Kier alpha value is -1.26. The Bertz CT molecular complexity index is 369. The molecular formula is C15H25N3O. The quantitative estimate of drug-likeness (QED) is 0.875. The maximum Gasteiger partial charge on any atom is 0.119 e. The standard InChI is InChI=1S/C15H25N3O/c1-13(16)7-8-17-9-11-18(12-10-17)14-3-5-15(19-2)6-4-14/h3-6,13H,7-12,16H2,1-2H3. The van der Waals surface area contributed by atoms with Crippen LogP contribution in [0.4, 0.5) is 5.69 Å². The molecule has 0 amide bonds. The molecule has 106 valence electrons. The van der Waals surface area contributed by atoms with Crippen molar-refractivity contribution in [2.75, 3.05) is 44.7 Å². The second-order valence-corrected chi connectivity index (χ2v) is 5.29. The van der Waals surface area contributed by atoms with E-state index < -0.39 is 0 Å². The lowest BCUT2D eigenvalue weighted by molar-refractivity contribution is 0.250. The molecule has 1 saturated heterocycles. The Morgan fingerprint density at radius 1 is 1.16 bits per heavy atom. The summed E-state index contributed by atoms with van der Waals surface area (Å²) in [7, 11) is 1.70. The fraction of sp³-hybridized carbons (Fsp3) is 0.600. The highest BCUT2D eigenvalue weighted by Gasteiger charge is 2.17. The van der Waals surface area contributed by atoms with Crippen LogP contribution in [0.3, 0.4) is 0 Å². The summed E-state index contributed by atoms with van der Waals surface area (Å²) in [4.78, 5) is 4.94. The fourth-order valence-corrected chi connectivity index (χ4v) is 2.41. The van der Waals surface area contributed by atoms with Gasteiger partial charge in [-0.05, 0) is 44.2 Å². The van der Waals surface area contributed by atoms with Crippen molar-refractivity contribution in [1.29, 1.82) is 0 Å². The minimum Gasteiger partial charge on any atom is -0.497 e. The predicted octanol–water partition coefficient (Wildman–Crippen LogP) is 1.55. The van der Waals surface area contributed by atoms with E-state index in [2.05, 4.69) is 28.9 Å².